The average Bonchev–Trinajstić information content (AvgIpc) is 3.15. The van der Waals surface area contributed by atoms with Crippen molar-refractivity contribution in [2.24, 2.45) is 10.1 Å². The van der Waals surface area contributed by atoms with Gasteiger partial charge in [0.25, 0.3) is 5.91 Å². The fraction of sp³-hybridized carbons (Fsp3) is 0.167. The smallest absolute Gasteiger partial charge is 0.279 e. The molecule has 0 unspecified atom stereocenters. The quantitative estimate of drug-likeness (QED) is 0.406. The van der Waals surface area contributed by atoms with Gasteiger partial charge in [0.05, 0.1) is 21.7 Å². The van der Waals surface area contributed by atoms with Crippen LogP contribution < -0.4 is 9.94 Å². The van der Waals surface area contributed by atoms with E-state index in [1.54, 1.807) is 18.2 Å². The second kappa shape index (κ2) is 9.80. The summed E-state index contributed by atoms with van der Waals surface area (Å²) >= 11 is 1.24. The number of nitrogens with two attached hydrogens (primary N) is 1. The molecule has 0 aliphatic rings. The normalized spacial score (nSPS) is 12.4. The molecular weight excluding hydrogens is 458 g/mol. The van der Waals surface area contributed by atoms with E-state index in [0.717, 1.165) is 16.6 Å². The molecule has 0 bridgehead atoms. The number of carbonyl (C=O) groups is 1. The van der Waals surface area contributed by atoms with Gasteiger partial charge in [0.2, 0.25) is 10.0 Å². The lowest BCUT2D eigenvalue weighted by Gasteiger charge is -2.06. The standard InChI is InChI=1S/C24H23N3O4S2/c1-2-31-15-14-27-21-13-12-20(33(25,29)30)16-22(21)32-24(27)26-23(28)19-10-8-18(9-11-19)17-6-4-3-5-7-17/h3-13,16H,2,14-15H2,1H3,(H2,25,29,30). The summed E-state index contributed by atoms with van der Waals surface area (Å²) in [5, 5.41) is 5.27. The Labute approximate surface area is 195 Å². The van der Waals surface area contributed by atoms with Gasteiger partial charge < -0.3 is 9.30 Å². The Bertz CT molecular complexity index is 1460. The number of aromatic nitrogens is 1. The van der Waals surface area contributed by atoms with Crippen molar-refractivity contribution in [1.29, 1.82) is 0 Å². The first-order valence-corrected chi connectivity index (χ1v) is 12.7. The Morgan fingerprint density at radius 1 is 1.03 bits per heavy atom. The number of benzene rings is 3. The molecule has 0 saturated carbocycles. The van der Waals surface area contributed by atoms with E-state index in [1.165, 1.54) is 23.5 Å². The van der Waals surface area contributed by atoms with Crippen molar-refractivity contribution < 1.29 is 17.9 Å². The summed E-state index contributed by atoms with van der Waals surface area (Å²) in [5.41, 5.74) is 3.31. The van der Waals surface area contributed by atoms with Crippen molar-refractivity contribution in [3.05, 3.63) is 83.2 Å². The monoisotopic (exact) mass is 481 g/mol. The molecule has 9 heteroatoms. The summed E-state index contributed by atoms with van der Waals surface area (Å²) in [6, 6.07) is 21.8. The van der Waals surface area contributed by atoms with Gasteiger partial charge in [-0.25, -0.2) is 13.6 Å². The van der Waals surface area contributed by atoms with Crippen LogP contribution in [0.1, 0.15) is 17.3 Å². The van der Waals surface area contributed by atoms with Gasteiger partial charge in [-0.2, -0.15) is 4.99 Å². The van der Waals surface area contributed by atoms with Crippen LogP contribution in [0, 0.1) is 0 Å². The fourth-order valence-electron chi connectivity index (χ4n) is 3.42. The van der Waals surface area contributed by atoms with E-state index >= 15 is 0 Å². The molecule has 0 atom stereocenters. The van der Waals surface area contributed by atoms with Crippen LogP contribution in [0.15, 0.2) is 82.7 Å². The first kappa shape index (κ1) is 23.1. The number of ether oxygens (including phenoxy) is 1. The second-order valence-electron chi connectivity index (χ2n) is 7.27. The van der Waals surface area contributed by atoms with Gasteiger partial charge in [-0.15, -0.1) is 0 Å². The molecule has 3 aromatic carbocycles. The zero-order valence-corrected chi connectivity index (χ0v) is 19.6. The summed E-state index contributed by atoms with van der Waals surface area (Å²) in [7, 11) is -3.84. The highest BCUT2D eigenvalue weighted by Crippen LogP contribution is 2.22. The van der Waals surface area contributed by atoms with Crippen LogP contribution in [0.5, 0.6) is 0 Å². The molecule has 0 aliphatic heterocycles. The number of thiazole rings is 1. The van der Waals surface area contributed by atoms with Crippen molar-refractivity contribution in [3.8, 4) is 11.1 Å². The highest BCUT2D eigenvalue weighted by molar-refractivity contribution is 7.89. The number of sulfonamides is 1. The largest absolute Gasteiger partial charge is 0.380 e. The highest BCUT2D eigenvalue weighted by Gasteiger charge is 2.14. The van der Waals surface area contributed by atoms with Gasteiger partial charge in [0.1, 0.15) is 0 Å². The molecule has 4 aromatic rings. The van der Waals surface area contributed by atoms with Crippen LogP contribution in [0.3, 0.4) is 0 Å². The number of hydrogen-bond donors (Lipinski definition) is 1. The van der Waals surface area contributed by atoms with Crippen molar-refractivity contribution in [3.63, 3.8) is 0 Å². The second-order valence-corrected chi connectivity index (χ2v) is 9.84. The molecule has 0 spiro atoms. The molecular formula is C24H23N3O4S2. The number of fused-ring (bicyclic) bond motifs is 1. The lowest BCUT2D eigenvalue weighted by molar-refractivity contribution is 0.0996. The Balaban J connectivity index is 1.72. The maximum absolute atomic E-state index is 12.9. The number of primary sulfonamides is 1. The van der Waals surface area contributed by atoms with E-state index in [0.29, 0.717) is 34.8 Å². The zero-order valence-electron chi connectivity index (χ0n) is 18.0. The minimum absolute atomic E-state index is 0.0163. The van der Waals surface area contributed by atoms with E-state index in [-0.39, 0.29) is 10.8 Å². The SMILES string of the molecule is CCOCCn1c(=NC(=O)c2ccc(-c3ccccc3)cc2)sc2cc(S(N)(=O)=O)ccc21. The van der Waals surface area contributed by atoms with E-state index in [4.69, 9.17) is 9.88 Å². The van der Waals surface area contributed by atoms with Gasteiger partial charge in [0.15, 0.2) is 4.80 Å². The minimum Gasteiger partial charge on any atom is -0.380 e. The van der Waals surface area contributed by atoms with Crippen molar-refractivity contribution in [2.75, 3.05) is 13.2 Å². The van der Waals surface area contributed by atoms with Gasteiger partial charge in [-0.3, -0.25) is 4.79 Å². The summed E-state index contributed by atoms with van der Waals surface area (Å²) in [6.07, 6.45) is 0. The third-order valence-corrected chi connectivity index (χ3v) is 7.03. The van der Waals surface area contributed by atoms with E-state index in [9.17, 15) is 13.2 Å². The van der Waals surface area contributed by atoms with Gasteiger partial charge in [0, 0.05) is 18.7 Å². The molecule has 1 heterocycles. The lowest BCUT2D eigenvalue weighted by Crippen LogP contribution is -2.19. The van der Waals surface area contributed by atoms with Crippen LogP contribution in [0.2, 0.25) is 0 Å². The number of rotatable bonds is 7. The third-order valence-electron chi connectivity index (χ3n) is 5.08. The Morgan fingerprint density at radius 2 is 1.73 bits per heavy atom. The van der Waals surface area contributed by atoms with Gasteiger partial charge in [-0.05, 0) is 48.4 Å². The number of hydrogen-bond acceptors (Lipinski definition) is 5. The molecule has 1 aromatic heterocycles. The topological polar surface area (TPSA) is 104 Å². The Morgan fingerprint density at radius 3 is 2.39 bits per heavy atom. The summed E-state index contributed by atoms with van der Waals surface area (Å²) in [6.45, 7) is 3.38. The molecule has 0 fully saturated rings. The van der Waals surface area contributed by atoms with E-state index in [1.807, 2.05) is 54.0 Å². The molecule has 33 heavy (non-hydrogen) atoms. The van der Waals surface area contributed by atoms with Crippen LogP contribution in [-0.4, -0.2) is 32.1 Å². The first-order valence-electron chi connectivity index (χ1n) is 10.4. The molecule has 2 N–H and O–H groups in total. The number of nitrogens with zero attached hydrogens (tertiary/aromatic N) is 2. The minimum atomic E-state index is -3.84. The zero-order chi connectivity index (χ0) is 23.4. The van der Waals surface area contributed by atoms with E-state index in [2.05, 4.69) is 4.99 Å². The summed E-state index contributed by atoms with van der Waals surface area (Å²) in [5.74, 6) is -0.377. The first-order chi connectivity index (χ1) is 15.9. The summed E-state index contributed by atoms with van der Waals surface area (Å²) in [4.78, 5) is 17.8. The number of amides is 1. The lowest BCUT2D eigenvalue weighted by atomic mass is 10.0. The van der Waals surface area contributed by atoms with Gasteiger partial charge >= 0.3 is 0 Å². The summed E-state index contributed by atoms with van der Waals surface area (Å²) < 4.78 is 31.5. The number of carbonyl (C=O) groups excluding carboxylic acids is 1. The van der Waals surface area contributed by atoms with Crippen LogP contribution in [0.25, 0.3) is 21.3 Å². The van der Waals surface area contributed by atoms with Crippen molar-refractivity contribution in [1.82, 2.24) is 4.57 Å². The molecule has 0 radical (unpaired) electrons. The third kappa shape index (κ3) is 5.28. The average molecular weight is 482 g/mol. The van der Waals surface area contributed by atoms with Crippen LogP contribution in [-0.2, 0) is 21.3 Å². The molecule has 0 aliphatic carbocycles. The molecule has 7 nitrogen and oxygen atoms in total. The maximum atomic E-state index is 12.9. The predicted molar refractivity (Wildman–Crippen MR) is 129 cm³/mol. The fourth-order valence-corrected chi connectivity index (χ4v) is 5.13. The molecule has 0 saturated heterocycles. The molecule has 170 valence electrons. The van der Waals surface area contributed by atoms with Crippen molar-refractivity contribution in [2.45, 2.75) is 18.4 Å². The Hall–Kier alpha value is -3.11. The van der Waals surface area contributed by atoms with Crippen LogP contribution in [0.4, 0.5) is 0 Å². The van der Waals surface area contributed by atoms with Gasteiger partial charge in [-0.1, -0.05) is 53.8 Å². The van der Waals surface area contributed by atoms with Crippen LogP contribution >= 0.6 is 11.3 Å². The van der Waals surface area contributed by atoms with Crippen molar-refractivity contribution >= 4 is 37.5 Å². The predicted octanol–water partition coefficient (Wildman–Crippen LogP) is 3.79. The maximum Gasteiger partial charge on any atom is 0.279 e. The molecule has 4 rings (SSSR count). The molecule has 1 amide bonds. The highest BCUT2D eigenvalue weighted by atomic mass is 32.2. The van der Waals surface area contributed by atoms with E-state index < -0.39 is 10.0 Å². The Kier molecular flexibility index (Phi) is 6.85.